The molecule has 0 amide bonds. The molecule has 0 radical (unpaired) electrons. The van der Waals surface area contributed by atoms with Gasteiger partial charge in [0.05, 0.1) is 23.4 Å². The van der Waals surface area contributed by atoms with Crippen LogP contribution in [0.3, 0.4) is 0 Å². The van der Waals surface area contributed by atoms with E-state index in [1.807, 2.05) is 0 Å². The predicted molar refractivity (Wildman–Crippen MR) is 184 cm³/mol. The van der Waals surface area contributed by atoms with Gasteiger partial charge in [0.1, 0.15) is 5.60 Å². The second kappa shape index (κ2) is 11.8. The topological polar surface area (TPSA) is 63.2 Å². The quantitative estimate of drug-likeness (QED) is 0.118. The van der Waals surface area contributed by atoms with Gasteiger partial charge in [0.15, 0.2) is 12.6 Å². The number of fused-ring (bicyclic) bond motifs is 10. The van der Waals surface area contributed by atoms with Crippen LogP contribution in [0.25, 0.3) is 0 Å². The first-order valence-corrected chi connectivity index (χ1v) is 20.5. The van der Waals surface area contributed by atoms with Gasteiger partial charge in [0, 0.05) is 36.7 Å². The first kappa shape index (κ1) is 32.9. The average Bonchev–Trinajstić information content (AvgIpc) is 3.82. The van der Waals surface area contributed by atoms with E-state index in [0.717, 1.165) is 74.0 Å². The number of esters is 1. The number of rotatable bonds is 12. The SMILES string of the molecule is C=C(C)C(=O)OC12CC3CC(OC(OC4CC5CC4C4CCCC54)C(C)C)(C1)CC(OC(OC1CC4CC1C1CCCC41)C(C)C)(C3)C2. The summed E-state index contributed by atoms with van der Waals surface area (Å²) in [5.74, 6) is 7.32. The second-order valence-corrected chi connectivity index (χ2v) is 19.8. The van der Waals surface area contributed by atoms with Crippen molar-refractivity contribution in [2.75, 3.05) is 0 Å². The fourth-order valence-electron chi connectivity index (χ4n) is 14.6. The summed E-state index contributed by atoms with van der Waals surface area (Å²) >= 11 is 0. The monoisotopic (exact) mass is 664 g/mol. The lowest BCUT2D eigenvalue weighted by molar-refractivity contribution is -0.354. The molecule has 268 valence electrons. The highest BCUT2D eigenvalue weighted by Crippen LogP contribution is 2.65. The zero-order valence-electron chi connectivity index (χ0n) is 30.6. The minimum atomic E-state index is -0.606. The molecule has 0 N–H and O–H groups in total. The van der Waals surface area contributed by atoms with Crippen LogP contribution in [0.5, 0.6) is 0 Å². The molecule has 14 atom stereocenters. The molecule has 0 heterocycles. The molecule has 6 nitrogen and oxygen atoms in total. The maximum atomic E-state index is 13.2. The molecule has 48 heavy (non-hydrogen) atoms. The number of carbonyl (C=O) groups excluding carboxylic acids is 1. The molecule has 10 saturated carbocycles. The molecule has 10 rings (SSSR count). The van der Waals surface area contributed by atoms with Crippen molar-refractivity contribution in [3.63, 3.8) is 0 Å². The third kappa shape index (κ3) is 5.42. The van der Waals surface area contributed by atoms with E-state index in [9.17, 15) is 4.79 Å². The molecule has 0 aromatic carbocycles. The lowest BCUT2D eigenvalue weighted by atomic mass is 9.50. The summed E-state index contributed by atoms with van der Waals surface area (Å²) in [6.07, 6.45) is 18.8. The number of carbonyl (C=O) groups is 1. The van der Waals surface area contributed by atoms with Crippen molar-refractivity contribution in [3.8, 4) is 0 Å². The third-order valence-corrected chi connectivity index (χ3v) is 15.7. The summed E-state index contributed by atoms with van der Waals surface area (Å²) in [4.78, 5) is 13.2. The Balaban J connectivity index is 0.967. The first-order valence-electron chi connectivity index (χ1n) is 20.5. The molecular formula is C42H64O6. The fraction of sp³-hybridized carbons (Fsp3) is 0.929. The van der Waals surface area contributed by atoms with Crippen LogP contribution in [-0.2, 0) is 28.5 Å². The zero-order valence-corrected chi connectivity index (χ0v) is 30.6. The second-order valence-electron chi connectivity index (χ2n) is 19.8. The Morgan fingerprint density at radius 3 is 1.52 bits per heavy atom. The fourth-order valence-corrected chi connectivity index (χ4v) is 14.6. The lowest BCUT2D eigenvalue weighted by Gasteiger charge is -2.65. The minimum absolute atomic E-state index is 0.242. The Hall–Kier alpha value is -0.950. The largest absolute Gasteiger partial charge is 0.455 e. The van der Waals surface area contributed by atoms with Crippen LogP contribution in [0.2, 0.25) is 0 Å². The summed E-state index contributed by atoms with van der Waals surface area (Å²) in [7, 11) is 0. The molecule has 0 aromatic heterocycles. The van der Waals surface area contributed by atoms with E-state index in [0.29, 0.717) is 35.5 Å². The van der Waals surface area contributed by atoms with Gasteiger partial charge in [-0.25, -0.2) is 4.79 Å². The third-order valence-electron chi connectivity index (χ3n) is 15.7. The van der Waals surface area contributed by atoms with Gasteiger partial charge >= 0.3 is 5.97 Å². The highest BCUT2D eigenvalue weighted by atomic mass is 16.7. The van der Waals surface area contributed by atoms with E-state index in [2.05, 4.69) is 34.3 Å². The summed E-state index contributed by atoms with van der Waals surface area (Å²) in [5.41, 5.74) is -1.03. The van der Waals surface area contributed by atoms with E-state index in [1.165, 1.54) is 64.2 Å². The van der Waals surface area contributed by atoms with Crippen molar-refractivity contribution < 1.29 is 28.5 Å². The Morgan fingerprint density at radius 1 is 0.625 bits per heavy atom. The highest BCUT2D eigenvalue weighted by Gasteiger charge is 2.68. The van der Waals surface area contributed by atoms with Crippen molar-refractivity contribution in [2.24, 2.45) is 65.1 Å². The Kier molecular flexibility index (Phi) is 8.08. The van der Waals surface area contributed by atoms with Crippen LogP contribution in [0.4, 0.5) is 0 Å². The predicted octanol–water partition coefficient (Wildman–Crippen LogP) is 9.00. The van der Waals surface area contributed by atoms with Crippen molar-refractivity contribution in [1.82, 2.24) is 0 Å². The van der Waals surface area contributed by atoms with Crippen LogP contribution in [0.1, 0.15) is 137 Å². The Bertz CT molecular complexity index is 1200. The van der Waals surface area contributed by atoms with Gasteiger partial charge in [-0.2, -0.15) is 0 Å². The normalized spacial score (nSPS) is 50.4. The summed E-state index contributed by atoms with van der Waals surface area (Å²) in [6, 6.07) is 0. The van der Waals surface area contributed by atoms with E-state index in [1.54, 1.807) is 6.92 Å². The van der Waals surface area contributed by atoms with Gasteiger partial charge in [0.2, 0.25) is 0 Å². The minimum Gasteiger partial charge on any atom is -0.455 e. The van der Waals surface area contributed by atoms with Gasteiger partial charge in [-0.1, -0.05) is 47.1 Å². The van der Waals surface area contributed by atoms with Gasteiger partial charge in [-0.3, -0.25) is 0 Å². The summed E-state index contributed by atoms with van der Waals surface area (Å²) < 4.78 is 35.5. The van der Waals surface area contributed by atoms with Gasteiger partial charge in [-0.15, -0.1) is 0 Å². The van der Waals surface area contributed by atoms with Crippen LogP contribution in [-0.4, -0.2) is 47.6 Å². The molecule has 0 aromatic rings. The van der Waals surface area contributed by atoms with Gasteiger partial charge in [-0.05, 0) is 131 Å². The van der Waals surface area contributed by atoms with Crippen LogP contribution in [0, 0.1) is 65.1 Å². The van der Waals surface area contributed by atoms with E-state index in [4.69, 9.17) is 23.7 Å². The number of hydrogen-bond donors (Lipinski definition) is 0. The average molecular weight is 665 g/mol. The Morgan fingerprint density at radius 2 is 1.06 bits per heavy atom. The lowest BCUT2D eigenvalue weighted by Crippen LogP contribution is -2.69. The number of hydrogen-bond acceptors (Lipinski definition) is 6. The van der Waals surface area contributed by atoms with Gasteiger partial charge < -0.3 is 23.7 Å². The Labute approximate surface area is 290 Å². The summed E-state index contributed by atoms with van der Waals surface area (Å²) in [5, 5.41) is 0. The maximum absolute atomic E-state index is 13.2. The van der Waals surface area contributed by atoms with Crippen molar-refractivity contribution in [1.29, 1.82) is 0 Å². The van der Waals surface area contributed by atoms with Crippen LogP contribution >= 0.6 is 0 Å². The molecule has 0 saturated heterocycles. The number of ether oxygens (including phenoxy) is 5. The molecule has 10 aliphatic rings. The molecule has 14 unspecified atom stereocenters. The molecule has 0 aliphatic heterocycles. The van der Waals surface area contributed by atoms with Crippen LogP contribution in [0.15, 0.2) is 12.2 Å². The molecule has 10 fully saturated rings. The standard InChI is InChI=1S/C42H64O6/c1-23(2)37(43)46-40-17-26-18-41(20-40,47-38(24(3)4)44-35-15-27-13-33(35)31-11-7-9-29(27)31)22-42(19-26,21-40)48-39(25(5)6)45-36-16-28-14-34(36)32-12-8-10-30(28)32/h24-36,38-39H,1,7-22H2,2-6H3. The molecule has 8 bridgehead atoms. The van der Waals surface area contributed by atoms with E-state index in [-0.39, 0.29) is 30.4 Å². The summed E-state index contributed by atoms with van der Waals surface area (Å²) in [6.45, 7) is 14.7. The van der Waals surface area contributed by atoms with Crippen molar-refractivity contribution >= 4 is 5.97 Å². The van der Waals surface area contributed by atoms with E-state index >= 15 is 0 Å². The zero-order chi connectivity index (χ0) is 33.2. The molecular weight excluding hydrogens is 600 g/mol. The first-order chi connectivity index (χ1) is 22.9. The van der Waals surface area contributed by atoms with Crippen molar-refractivity contribution in [3.05, 3.63) is 12.2 Å². The van der Waals surface area contributed by atoms with Crippen molar-refractivity contribution in [2.45, 2.75) is 179 Å². The van der Waals surface area contributed by atoms with Crippen LogP contribution < -0.4 is 0 Å². The van der Waals surface area contributed by atoms with Gasteiger partial charge in [0.25, 0.3) is 0 Å². The molecule has 10 aliphatic carbocycles. The smallest absolute Gasteiger partial charge is 0.333 e. The maximum Gasteiger partial charge on any atom is 0.333 e. The molecule has 0 spiro atoms. The molecule has 6 heteroatoms. The highest BCUT2D eigenvalue weighted by molar-refractivity contribution is 5.87. The van der Waals surface area contributed by atoms with E-state index < -0.39 is 16.8 Å².